The number of alkyl halides is 4. The summed E-state index contributed by atoms with van der Waals surface area (Å²) in [4.78, 5) is 102. The van der Waals surface area contributed by atoms with Gasteiger partial charge in [0, 0.05) is 11.8 Å². The molecule has 0 N–H and O–H groups in total. The van der Waals surface area contributed by atoms with Gasteiger partial charge in [-0.25, -0.2) is 16.8 Å². The lowest BCUT2D eigenvalue weighted by molar-refractivity contribution is -0.186. The minimum absolute atomic E-state index is 0.0207. The van der Waals surface area contributed by atoms with Crippen molar-refractivity contribution in [1.29, 1.82) is 0 Å². The molecule has 10 aliphatic heterocycles. The molecule has 10 heterocycles. The summed E-state index contributed by atoms with van der Waals surface area (Å²) < 4.78 is 185. The molecule has 0 aromatic rings. The molecule has 85 heavy (non-hydrogen) atoms. The summed E-state index contributed by atoms with van der Waals surface area (Å²) in [5, 5.41) is -9.73. The lowest BCUT2D eigenvalue weighted by atomic mass is 9.69. The van der Waals surface area contributed by atoms with Gasteiger partial charge in [-0.1, -0.05) is 6.42 Å². The fourth-order valence-corrected chi connectivity index (χ4v) is 16.4. The molecule has 0 amide bonds. The van der Waals surface area contributed by atoms with Gasteiger partial charge in [-0.2, -0.15) is 17.6 Å². The van der Waals surface area contributed by atoms with Crippen molar-refractivity contribution < 1.29 is 139 Å². The Kier molecular flexibility index (Phi) is 16.4. The zero-order valence-corrected chi connectivity index (χ0v) is 47.6. The van der Waals surface area contributed by atoms with Crippen LogP contribution in [0.15, 0.2) is 0 Å². The number of hydrogen-bond donors (Lipinski definition) is 0. The highest BCUT2D eigenvalue weighted by Gasteiger charge is 2.74. The van der Waals surface area contributed by atoms with E-state index in [4.69, 9.17) is 47.4 Å². The minimum Gasteiger partial charge on any atom is -0.743 e. The van der Waals surface area contributed by atoms with Crippen LogP contribution in [0.4, 0.5) is 17.6 Å². The van der Waals surface area contributed by atoms with Crippen molar-refractivity contribution in [2.24, 2.45) is 35.5 Å². The van der Waals surface area contributed by atoms with Crippen LogP contribution in [0.5, 0.6) is 0 Å². The van der Waals surface area contributed by atoms with Crippen LogP contribution in [0.2, 0.25) is 0 Å². The summed E-state index contributed by atoms with van der Waals surface area (Å²) in [6.07, 6.45) is -2.89. The Bertz CT molecular complexity index is 2930. The summed E-state index contributed by atoms with van der Waals surface area (Å²) in [7, 11) is -12.2. The lowest BCUT2D eigenvalue weighted by Gasteiger charge is -2.44. The Hall–Kier alpha value is -4.86. The second-order valence-electron chi connectivity index (χ2n) is 24.4. The Morgan fingerprint density at radius 1 is 0.529 bits per heavy atom. The van der Waals surface area contributed by atoms with Gasteiger partial charge >= 0.3 is 58.3 Å². The van der Waals surface area contributed by atoms with E-state index in [1.54, 1.807) is 0 Å². The van der Waals surface area contributed by atoms with Crippen LogP contribution in [0.25, 0.3) is 0 Å². The van der Waals surface area contributed by atoms with E-state index in [-0.39, 0.29) is 36.3 Å². The third-order valence-electron chi connectivity index (χ3n) is 19.5. The first kappa shape index (κ1) is 61.8. The molecule has 474 valence electrons. The van der Waals surface area contributed by atoms with E-state index in [9.17, 15) is 81.9 Å². The first-order valence-electron chi connectivity index (χ1n) is 28.9. The lowest BCUT2D eigenvalue weighted by Crippen LogP contribution is -2.53. The van der Waals surface area contributed by atoms with Gasteiger partial charge in [0.15, 0.2) is 56.9 Å². The smallest absolute Gasteiger partial charge is 0.369 e. The largest absolute Gasteiger partial charge is 0.743 e. The zero-order valence-electron chi connectivity index (χ0n) is 45.9. The summed E-state index contributed by atoms with van der Waals surface area (Å²) in [6, 6.07) is 0. The predicted octanol–water partition coefficient (Wildman–Crippen LogP) is 2.61. The average Bonchev–Trinajstić information content (AvgIpc) is 1.59. The van der Waals surface area contributed by atoms with Crippen LogP contribution in [-0.4, -0.2) is 181 Å². The number of halogens is 4. The molecule has 26 nitrogen and oxygen atoms in total. The molecule has 0 radical (unpaired) electrons. The quantitative estimate of drug-likeness (QED) is 0.0731. The van der Waals surface area contributed by atoms with E-state index in [1.807, 2.05) is 0 Å². The fraction of sp³-hybridized carbons (Fsp3) is 0.849. The van der Waals surface area contributed by atoms with Crippen LogP contribution in [0.3, 0.4) is 0 Å². The first-order valence-corrected chi connectivity index (χ1v) is 31.7. The van der Waals surface area contributed by atoms with E-state index < -0.39 is 200 Å². The molecule has 8 bridgehead atoms. The topological polar surface area (TPSA) is 362 Å². The SMILES string of the molecule is CC(OC(=O)CCC(=O)OC1C2OC(=O)C3C2OC1C3C(=O)OC1(C2CC3CCC2O3)CCCC1)C(F)(F)S(=O)(=O)[O-].CC(OC(=O)CCC(=O)OC1C2OC(=O)C3C2OC1C3C(=O)OC1(C2CC3CCC2O3)CCCCC1)C(F)(F)S(=O)(=O)[O-]. The maximum Gasteiger partial charge on any atom is 0.369 e. The van der Waals surface area contributed by atoms with Gasteiger partial charge in [0.25, 0.3) is 0 Å². The van der Waals surface area contributed by atoms with Gasteiger partial charge < -0.3 is 65.9 Å². The first-order chi connectivity index (χ1) is 39.9. The van der Waals surface area contributed by atoms with E-state index in [0.29, 0.717) is 39.5 Å². The fourth-order valence-electron chi connectivity index (χ4n) is 15.5. The van der Waals surface area contributed by atoms with Gasteiger partial charge in [0.2, 0.25) is 0 Å². The van der Waals surface area contributed by atoms with E-state index in [0.717, 1.165) is 70.6 Å². The van der Waals surface area contributed by atoms with Crippen molar-refractivity contribution in [3.8, 4) is 0 Å². The Labute approximate surface area is 483 Å². The van der Waals surface area contributed by atoms with Crippen LogP contribution < -0.4 is 0 Å². The number of hydrogen-bond acceptors (Lipinski definition) is 26. The van der Waals surface area contributed by atoms with E-state index >= 15 is 0 Å². The molecule has 0 aromatic carbocycles. The molecule has 10 saturated heterocycles. The second-order valence-corrected chi connectivity index (χ2v) is 27.3. The molecule has 0 spiro atoms. The van der Waals surface area contributed by atoms with Gasteiger partial charge in [-0.15, -0.1) is 0 Å². The van der Waals surface area contributed by atoms with Gasteiger partial charge in [-0.3, -0.25) is 38.4 Å². The highest BCUT2D eigenvalue weighted by atomic mass is 32.2. The van der Waals surface area contributed by atoms with Gasteiger partial charge in [0.1, 0.15) is 59.3 Å². The van der Waals surface area contributed by atoms with E-state index in [2.05, 4.69) is 9.47 Å². The molecule has 2 aliphatic carbocycles. The highest BCUT2D eigenvalue weighted by Crippen LogP contribution is 2.57. The van der Waals surface area contributed by atoms with Crippen LogP contribution >= 0.6 is 0 Å². The Balaban J connectivity index is 0.000000177. The standard InChI is InChI=1S/C27H34F2O13S.C26H32F2O13S/c1-12(27(28,29)43(34,35)36)37-16(30)7-8-17(31)39-22-21-19(18-20(40-21)23(22)41-24(18)32)25(33)42-26(9-3-2-4-10-26)14-11-13-5-6-15(14)38-13;1-11(26(27,28)42(33,34)35)36-15(29)6-7-16(30)38-21-20-18(17-19(39-20)22(21)40-23(17)31)24(32)41-25(8-2-3-9-25)13-10-12-4-5-14(13)37-12/h12-15,18-23H,2-11H2,1H3,(H,34,35,36);11-14,17-22H,2-10H2,1H3,(H,33,34,35)/p-2. The van der Waals surface area contributed by atoms with Crippen molar-refractivity contribution in [2.45, 2.75) is 243 Å². The average molecular weight is 1260 g/mol. The van der Waals surface area contributed by atoms with Crippen LogP contribution in [0, 0.1) is 35.5 Å². The zero-order chi connectivity index (χ0) is 61.1. The highest BCUT2D eigenvalue weighted by molar-refractivity contribution is 7.87. The predicted molar refractivity (Wildman–Crippen MR) is 261 cm³/mol. The number of esters is 8. The number of fused-ring (bicyclic) bond motifs is 6. The van der Waals surface area contributed by atoms with Crippen molar-refractivity contribution in [3.63, 3.8) is 0 Å². The molecule has 12 rings (SSSR count). The normalized spacial score (nSPS) is 38.2. The molecule has 20 atom stereocenters. The van der Waals surface area contributed by atoms with E-state index in [1.165, 1.54) is 0 Å². The molecule has 0 aromatic heterocycles. The molecule has 12 aliphatic rings. The van der Waals surface area contributed by atoms with Crippen molar-refractivity contribution in [3.05, 3.63) is 0 Å². The number of carbonyl (C=O) groups excluding carboxylic acids is 8. The van der Waals surface area contributed by atoms with Crippen molar-refractivity contribution in [2.75, 3.05) is 0 Å². The maximum atomic E-state index is 13.8. The minimum atomic E-state index is -6.09. The Morgan fingerprint density at radius 3 is 1.21 bits per heavy atom. The van der Waals surface area contributed by atoms with Crippen molar-refractivity contribution >= 4 is 68.0 Å². The molecular formula is C53H64F4O26S2-2. The molecule has 20 unspecified atom stereocenters. The molecule has 12 fully saturated rings. The third-order valence-corrected chi connectivity index (χ3v) is 21.5. The molecule has 32 heteroatoms. The summed E-state index contributed by atoms with van der Waals surface area (Å²) in [6.45, 7) is 1.06. The number of rotatable bonds is 20. The van der Waals surface area contributed by atoms with Crippen molar-refractivity contribution in [1.82, 2.24) is 0 Å². The van der Waals surface area contributed by atoms with Crippen LogP contribution in [0.1, 0.15) is 136 Å². The van der Waals surface area contributed by atoms with Gasteiger partial charge in [-0.05, 0) is 104 Å². The summed E-state index contributed by atoms with van der Waals surface area (Å²) in [5.74, 6) is -11.1. The Morgan fingerprint density at radius 2 is 0.882 bits per heavy atom. The molecule has 2 saturated carbocycles. The summed E-state index contributed by atoms with van der Waals surface area (Å²) >= 11 is 0. The monoisotopic (exact) mass is 1260 g/mol. The number of carbonyl (C=O) groups is 8. The molecular weight excluding hydrogens is 1190 g/mol. The number of ether oxygens (including phenoxy) is 12. The maximum absolute atomic E-state index is 13.8. The second kappa shape index (κ2) is 22.6. The summed E-state index contributed by atoms with van der Waals surface area (Å²) in [5.41, 5.74) is -1.42. The third kappa shape index (κ3) is 11.1. The van der Waals surface area contributed by atoms with Gasteiger partial charge in [0.05, 0.1) is 50.1 Å². The van der Waals surface area contributed by atoms with Crippen LogP contribution in [-0.2, 0) is 115 Å².